The van der Waals surface area contributed by atoms with E-state index in [-0.39, 0.29) is 24.2 Å². The van der Waals surface area contributed by atoms with E-state index in [1.165, 1.54) is 11.3 Å². The van der Waals surface area contributed by atoms with Gasteiger partial charge in [0.25, 0.3) is 5.91 Å². The lowest BCUT2D eigenvalue weighted by atomic mass is 9.88. The molecule has 126 valence electrons. The monoisotopic (exact) mass is 353 g/mol. The van der Waals surface area contributed by atoms with Gasteiger partial charge in [-0.15, -0.1) is 23.7 Å². The van der Waals surface area contributed by atoms with Gasteiger partial charge in [0.1, 0.15) is 10.7 Å². The Kier molecular flexibility index (Phi) is 6.74. The maximum absolute atomic E-state index is 12.4. The maximum atomic E-state index is 12.4. The van der Waals surface area contributed by atoms with Crippen molar-refractivity contribution in [3.8, 4) is 10.6 Å². The highest BCUT2D eigenvalue weighted by atomic mass is 35.5. The summed E-state index contributed by atoms with van der Waals surface area (Å²) in [5.74, 6) is 0.0775. The highest BCUT2D eigenvalue weighted by molar-refractivity contribution is 7.13. The van der Waals surface area contributed by atoms with E-state index in [1.54, 1.807) is 5.38 Å². The van der Waals surface area contributed by atoms with Crippen LogP contribution >= 0.6 is 23.7 Å². The molecule has 1 heterocycles. The maximum Gasteiger partial charge on any atom is 0.271 e. The fourth-order valence-electron chi connectivity index (χ4n) is 2.07. The highest BCUT2D eigenvalue weighted by Gasteiger charge is 2.29. The lowest BCUT2D eigenvalue weighted by Gasteiger charge is -2.33. The molecule has 23 heavy (non-hydrogen) atoms. The zero-order valence-electron chi connectivity index (χ0n) is 13.9. The first kappa shape index (κ1) is 19.6. The van der Waals surface area contributed by atoms with Crippen molar-refractivity contribution < 1.29 is 4.79 Å². The first-order valence-electron chi connectivity index (χ1n) is 7.41. The minimum atomic E-state index is -0.427. The molecule has 2 aromatic rings. The first-order valence-corrected chi connectivity index (χ1v) is 8.29. The number of nitrogens with two attached hydrogens (primary N) is 1. The van der Waals surface area contributed by atoms with Crippen molar-refractivity contribution in [3.63, 3.8) is 0 Å². The molecule has 2 rings (SSSR count). The molecule has 0 aliphatic heterocycles. The highest BCUT2D eigenvalue weighted by Crippen LogP contribution is 2.27. The van der Waals surface area contributed by atoms with Crippen LogP contribution in [0.1, 0.15) is 36.8 Å². The lowest BCUT2D eigenvalue weighted by Crippen LogP contribution is -2.55. The summed E-state index contributed by atoms with van der Waals surface area (Å²) < 4.78 is 0. The SMILES string of the molecule is Cc1ccccc1-c1nc(C(=O)NC(C)(CN)C(C)C)cs1.Cl. The van der Waals surface area contributed by atoms with Gasteiger partial charge in [-0.25, -0.2) is 4.98 Å². The topological polar surface area (TPSA) is 68.0 Å². The number of aryl methyl sites for hydroxylation is 1. The normalized spacial score (nSPS) is 13.3. The Morgan fingerprint density at radius 2 is 2.04 bits per heavy atom. The molecular weight excluding hydrogens is 330 g/mol. The molecule has 0 radical (unpaired) electrons. The predicted molar refractivity (Wildman–Crippen MR) is 99.3 cm³/mol. The van der Waals surface area contributed by atoms with Crippen molar-refractivity contribution >= 4 is 29.7 Å². The van der Waals surface area contributed by atoms with E-state index in [0.29, 0.717) is 12.2 Å². The van der Waals surface area contributed by atoms with Crippen LogP contribution in [0.5, 0.6) is 0 Å². The number of nitrogens with zero attached hydrogens (tertiary/aromatic N) is 1. The number of amides is 1. The third-order valence-corrected chi connectivity index (χ3v) is 5.09. The number of rotatable bonds is 5. The summed E-state index contributed by atoms with van der Waals surface area (Å²) in [6.45, 7) is 8.50. The van der Waals surface area contributed by atoms with Gasteiger partial charge < -0.3 is 11.1 Å². The van der Waals surface area contributed by atoms with Crippen molar-refractivity contribution in [2.24, 2.45) is 11.7 Å². The number of carbonyl (C=O) groups excluding carboxylic acids is 1. The van der Waals surface area contributed by atoms with Crippen LogP contribution in [0.4, 0.5) is 0 Å². The molecule has 0 fully saturated rings. The third kappa shape index (κ3) is 4.31. The average Bonchev–Trinajstić information content (AvgIpc) is 2.97. The number of carbonyl (C=O) groups is 1. The Bertz CT molecular complexity index is 671. The minimum absolute atomic E-state index is 0. The van der Waals surface area contributed by atoms with E-state index in [0.717, 1.165) is 16.1 Å². The van der Waals surface area contributed by atoms with Gasteiger partial charge in [-0.05, 0) is 25.3 Å². The Labute approximate surface area is 147 Å². The van der Waals surface area contributed by atoms with Crippen molar-refractivity contribution in [1.29, 1.82) is 0 Å². The van der Waals surface area contributed by atoms with Crippen LogP contribution in [0.25, 0.3) is 10.6 Å². The van der Waals surface area contributed by atoms with Crippen molar-refractivity contribution in [1.82, 2.24) is 10.3 Å². The summed E-state index contributed by atoms with van der Waals surface area (Å²) in [5.41, 5.74) is 8.06. The van der Waals surface area contributed by atoms with Gasteiger partial charge in [0.15, 0.2) is 0 Å². The largest absolute Gasteiger partial charge is 0.344 e. The van der Waals surface area contributed by atoms with Gasteiger partial charge in [-0.2, -0.15) is 0 Å². The summed E-state index contributed by atoms with van der Waals surface area (Å²) in [6.07, 6.45) is 0. The second-order valence-corrected chi connectivity index (χ2v) is 6.94. The van der Waals surface area contributed by atoms with Crippen molar-refractivity contribution in [2.75, 3.05) is 6.54 Å². The quantitative estimate of drug-likeness (QED) is 0.862. The number of halogens is 1. The molecule has 1 amide bonds. The van der Waals surface area contributed by atoms with Crippen molar-refractivity contribution in [2.45, 2.75) is 33.2 Å². The fraction of sp³-hybridized carbons (Fsp3) is 0.412. The predicted octanol–water partition coefficient (Wildman–Crippen LogP) is 3.64. The molecule has 0 aliphatic carbocycles. The molecule has 4 nitrogen and oxygen atoms in total. The zero-order valence-corrected chi connectivity index (χ0v) is 15.6. The summed E-state index contributed by atoms with van der Waals surface area (Å²) in [7, 11) is 0. The van der Waals surface area contributed by atoms with Crippen LogP contribution in [-0.4, -0.2) is 23.0 Å². The van der Waals surface area contributed by atoms with E-state index in [9.17, 15) is 4.79 Å². The van der Waals surface area contributed by atoms with Gasteiger partial charge in [-0.1, -0.05) is 38.1 Å². The minimum Gasteiger partial charge on any atom is -0.344 e. The van der Waals surface area contributed by atoms with Crippen LogP contribution in [-0.2, 0) is 0 Å². The van der Waals surface area contributed by atoms with E-state index in [2.05, 4.69) is 10.3 Å². The second kappa shape index (κ2) is 7.90. The molecule has 0 aliphatic rings. The van der Waals surface area contributed by atoms with E-state index >= 15 is 0 Å². The summed E-state index contributed by atoms with van der Waals surface area (Å²) >= 11 is 1.48. The van der Waals surface area contributed by atoms with Gasteiger partial charge in [0, 0.05) is 17.5 Å². The first-order chi connectivity index (χ1) is 10.4. The molecular formula is C17H24ClN3OS. The molecule has 0 saturated carbocycles. The number of hydrogen-bond donors (Lipinski definition) is 2. The number of hydrogen-bond acceptors (Lipinski definition) is 4. The molecule has 1 unspecified atom stereocenters. The van der Waals surface area contributed by atoms with Gasteiger partial charge in [0.2, 0.25) is 0 Å². The molecule has 1 aromatic carbocycles. The smallest absolute Gasteiger partial charge is 0.271 e. The van der Waals surface area contributed by atoms with Gasteiger partial charge in [0.05, 0.1) is 5.54 Å². The molecule has 1 atom stereocenters. The standard InChI is InChI=1S/C17H23N3OS.ClH/c1-11(2)17(4,10-18)20-15(21)14-9-22-16(19-14)13-8-6-5-7-12(13)3;/h5-9,11H,10,18H2,1-4H3,(H,20,21);1H. The summed E-state index contributed by atoms with van der Waals surface area (Å²) in [4.78, 5) is 16.9. The van der Waals surface area contributed by atoms with Crippen LogP contribution in [0.3, 0.4) is 0 Å². The molecule has 0 bridgehead atoms. The van der Waals surface area contributed by atoms with Crippen LogP contribution in [0.2, 0.25) is 0 Å². The second-order valence-electron chi connectivity index (χ2n) is 6.08. The molecule has 6 heteroatoms. The van der Waals surface area contributed by atoms with Crippen LogP contribution in [0, 0.1) is 12.8 Å². The molecule has 0 spiro atoms. The van der Waals surface area contributed by atoms with Crippen LogP contribution in [0.15, 0.2) is 29.6 Å². The van der Waals surface area contributed by atoms with E-state index in [4.69, 9.17) is 5.73 Å². The summed E-state index contributed by atoms with van der Waals surface area (Å²) in [5, 5.41) is 5.68. The van der Waals surface area contributed by atoms with Gasteiger partial charge in [-0.3, -0.25) is 4.79 Å². The number of aromatic nitrogens is 1. The fourth-order valence-corrected chi connectivity index (χ4v) is 2.96. The Morgan fingerprint density at radius 1 is 1.39 bits per heavy atom. The van der Waals surface area contributed by atoms with Gasteiger partial charge >= 0.3 is 0 Å². The summed E-state index contributed by atoms with van der Waals surface area (Å²) in [6, 6.07) is 8.04. The van der Waals surface area contributed by atoms with Crippen LogP contribution < -0.4 is 11.1 Å². The Morgan fingerprint density at radius 3 is 2.61 bits per heavy atom. The molecule has 1 aromatic heterocycles. The number of benzene rings is 1. The van der Waals surface area contributed by atoms with E-state index in [1.807, 2.05) is 52.0 Å². The molecule has 0 saturated heterocycles. The molecule has 3 N–H and O–H groups in total. The van der Waals surface area contributed by atoms with E-state index < -0.39 is 5.54 Å². The lowest BCUT2D eigenvalue weighted by molar-refractivity contribution is 0.0879. The van der Waals surface area contributed by atoms with Crippen molar-refractivity contribution in [3.05, 3.63) is 40.9 Å². The number of nitrogens with one attached hydrogen (secondary N) is 1. The zero-order chi connectivity index (χ0) is 16.3. The number of thiazole rings is 1. The third-order valence-electron chi connectivity index (χ3n) is 4.21. The Balaban J connectivity index is 0.00000264. The Hall–Kier alpha value is -1.43. The average molecular weight is 354 g/mol.